The van der Waals surface area contributed by atoms with Crippen LogP contribution in [0.25, 0.3) is 5.69 Å². The summed E-state index contributed by atoms with van der Waals surface area (Å²) >= 11 is 0. The Morgan fingerprint density at radius 3 is 2.76 bits per heavy atom. The standard InChI is InChI=1S/C20H27N5/c1-4-23(3)13-17-10-11-24(14-17)15-20-19(12-21)16(2)22-25(20)18-8-6-5-7-9-18/h5-9,17H,4,10-11,13-15H2,1-3H3. The van der Waals surface area contributed by atoms with Gasteiger partial charge >= 0.3 is 0 Å². The van der Waals surface area contributed by atoms with Crippen molar-refractivity contribution >= 4 is 0 Å². The van der Waals surface area contributed by atoms with Crippen molar-refractivity contribution in [2.75, 3.05) is 33.2 Å². The Hall–Kier alpha value is -2.16. The highest BCUT2D eigenvalue weighted by Crippen LogP contribution is 2.24. The molecule has 1 aromatic heterocycles. The second-order valence-electron chi connectivity index (χ2n) is 7.01. The summed E-state index contributed by atoms with van der Waals surface area (Å²) in [6, 6.07) is 12.5. The molecule has 0 amide bonds. The fraction of sp³-hybridized carbons (Fsp3) is 0.500. The molecule has 1 saturated heterocycles. The van der Waals surface area contributed by atoms with E-state index >= 15 is 0 Å². The highest BCUT2D eigenvalue weighted by Gasteiger charge is 2.26. The number of benzene rings is 1. The first-order valence-electron chi connectivity index (χ1n) is 9.07. The van der Waals surface area contributed by atoms with E-state index in [9.17, 15) is 5.26 Å². The van der Waals surface area contributed by atoms with Crippen molar-refractivity contribution in [3.8, 4) is 11.8 Å². The molecular weight excluding hydrogens is 310 g/mol. The van der Waals surface area contributed by atoms with E-state index in [1.54, 1.807) is 0 Å². The van der Waals surface area contributed by atoms with Gasteiger partial charge in [-0.05, 0) is 51.5 Å². The van der Waals surface area contributed by atoms with Crippen molar-refractivity contribution in [3.05, 3.63) is 47.3 Å². The molecule has 2 aromatic rings. The highest BCUT2D eigenvalue weighted by molar-refractivity contribution is 5.43. The van der Waals surface area contributed by atoms with Gasteiger partial charge in [0.2, 0.25) is 0 Å². The van der Waals surface area contributed by atoms with Crippen LogP contribution >= 0.6 is 0 Å². The number of rotatable bonds is 6. The van der Waals surface area contributed by atoms with E-state index in [0.29, 0.717) is 5.92 Å². The average Bonchev–Trinajstić information content (AvgIpc) is 3.19. The van der Waals surface area contributed by atoms with Gasteiger partial charge in [-0.15, -0.1) is 0 Å². The number of aromatic nitrogens is 2. The molecule has 5 heteroatoms. The summed E-state index contributed by atoms with van der Waals surface area (Å²) in [4.78, 5) is 4.85. The quantitative estimate of drug-likeness (QED) is 0.813. The van der Waals surface area contributed by atoms with Crippen molar-refractivity contribution in [2.45, 2.75) is 26.8 Å². The predicted octanol–water partition coefficient (Wildman–Crippen LogP) is 2.83. The molecule has 0 aliphatic carbocycles. The number of hydrogen-bond acceptors (Lipinski definition) is 4. The molecule has 25 heavy (non-hydrogen) atoms. The Bertz CT molecular complexity index is 743. The molecule has 2 heterocycles. The third-order valence-corrected chi connectivity index (χ3v) is 5.12. The van der Waals surface area contributed by atoms with E-state index in [1.807, 2.05) is 41.9 Å². The first-order valence-corrected chi connectivity index (χ1v) is 9.07. The zero-order valence-electron chi connectivity index (χ0n) is 15.4. The largest absolute Gasteiger partial charge is 0.306 e. The SMILES string of the molecule is CCN(C)CC1CCN(Cc2c(C#N)c(C)nn2-c2ccccc2)C1. The smallest absolute Gasteiger partial charge is 0.103 e. The van der Waals surface area contributed by atoms with Crippen LogP contribution in [0.2, 0.25) is 0 Å². The van der Waals surface area contributed by atoms with E-state index in [0.717, 1.165) is 55.4 Å². The van der Waals surface area contributed by atoms with Gasteiger partial charge in [0.05, 0.1) is 22.6 Å². The van der Waals surface area contributed by atoms with Crippen LogP contribution in [-0.2, 0) is 6.54 Å². The van der Waals surface area contributed by atoms with E-state index in [-0.39, 0.29) is 0 Å². The first kappa shape index (κ1) is 17.7. The molecule has 1 fully saturated rings. The van der Waals surface area contributed by atoms with Crippen molar-refractivity contribution in [1.29, 1.82) is 5.26 Å². The fourth-order valence-corrected chi connectivity index (χ4v) is 3.64. The maximum absolute atomic E-state index is 9.61. The third-order valence-electron chi connectivity index (χ3n) is 5.12. The zero-order chi connectivity index (χ0) is 17.8. The van der Waals surface area contributed by atoms with Gasteiger partial charge in [-0.1, -0.05) is 25.1 Å². The molecule has 0 radical (unpaired) electrons. The maximum Gasteiger partial charge on any atom is 0.103 e. The van der Waals surface area contributed by atoms with Gasteiger partial charge in [-0.2, -0.15) is 10.4 Å². The first-order chi connectivity index (χ1) is 12.1. The number of para-hydroxylation sites is 1. The molecule has 5 nitrogen and oxygen atoms in total. The Morgan fingerprint density at radius 1 is 1.32 bits per heavy atom. The van der Waals surface area contributed by atoms with E-state index in [4.69, 9.17) is 0 Å². The lowest BCUT2D eigenvalue weighted by Crippen LogP contribution is -2.28. The van der Waals surface area contributed by atoms with Crippen LogP contribution < -0.4 is 0 Å². The Kier molecular flexibility index (Phi) is 5.52. The van der Waals surface area contributed by atoms with Gasteiger partial charge in [-0.25, -0.2) is 4.68 Å². The predicted molar refractivity (Wildman–Crippen MR) is 99.6 cm³/mol. The van der Waals surface area contributed by atoms with Crippen LogP contribution in [0.1, 0.15) is 30.3 Å². The normalized spacial score (nSPS) is 18.0. The van der Waals surface area contributed by atoms with Gasteiger partial charge in [0, 0.05) is 19.6 Å². The second kappa shape index (κ2) is 7.81. The van der Waals surface area contributed by atoms with Gasteiger partial charge in [0.15, 0.2) is 0 Å². The molecule has 132 valence electrons. The lowest BCUT2D eigenvalue weighted by molar-refractivity contribution is 0.265. The summed E-state index contributed by atoms with van der Waals surface area (Å²) in [5, 5.41) is 14.2. The lowest BCUT2D eigenvalue weighted by Gasteiger charge is -2.20. The Morgan fingerprint density at radius 2 is 2.08 bits per heavy atom. The van der Waals surface area contributed by atoms with Gasteiger partial charge in [0.1, 0.15) is 6.07 Å². The van der Waals surface area contributed by atoms with E-state index < -0.39 is 0 Å². The van der Waals surface area contributed by atoms with Gasteiger partial charge < -0.3 is 4.90 Å². The van der Waals surface area contributed by atoms with Gasteiger partial charge in [-0.3, -0.25) is 4.90 Å². The maximum atomic E-state index is 9.61. The summed E-state index contributed by atoms with van der Waals surface area (Å²) in [7, 11) is 2.18. The average molecular weight is 337 g/mol. The molecule has 0 N–H and O–H groups in total. The van der Waals surface area contributed by atoms with E-state index in [2.05, 4.69) is 34.9 Å². The van der Waals surface area contributed by atoms with Crippen LogP contribution in [0.4, 0.5) is 0 Å². The number of aryl methyl sites for hydroxylation is 1. The molecule has 1 aliphatic heterocycles. The summed E-state index contributed by atoms with van der Waals surface area (Å²) in [6.07, 6.45) is 1.23. The monoisotopic (exact) mass is 337 g/mol. The van der Waals surface area contributed by atoms with Crippen LogP contribution in [0, 0.1) is 24.2 Å². The third kappa shape index (κ3) is 3.92. The summed E-state index contributed by atoms with van der Waals surface area (Å²) in [5.74, 6) is 0.713. The molecule has 1 aliphatic rings. The molecule has 1 unspecified atom stereocenters. The number of nitriles is 1. The molecule has 0 spiro atoms. The fourth-order valence-electron chi connectivity index (χ4n) is 3.64. The molecule has 1 atom stereocenters. The highest BCUT2D eigenvalue weighted by atomic mass is 15.3. The number of likely N-dealkylation sites (tertiary alicyclic amines) is 1. The molecular formula is C20H27N5. The van der Waals surface area contributed by atoms with Crippen molar-refractivity contribution in [1.82, 2.24) is 19.6 Å². The van der Waals surface area contributed by atoms with Crippen LogP contribution in [0.3, 0.4) is 0 Å². The second-order valence-corrected chi connectivity index (χ2v) is 7.01. The minimum absolute atomic E-state index is 0.713. The van der Waals surface area contributed by atoms with Crippen LogP contribution in [0.5, 0.6) is 0 Å². The summed E-state index contributed by atoms with van der Waals surface area (Å²) in [6.45, 7) is 9.33. The number of hydrogen-bond donors (Lipinski definition) is 0. The van der Waals surface area contributed by atoms with Crippen LogP contribution in [-0.4, -0.2) is 52.8 Å². The van der Waals surface area contributed by atoms with Crippen LogP contribution in [0.15, 0.2) is 30.3 Å². The van der Waals surface area contributed by atoms with Crippen molar-refractivity contribution in [2.24, 2.45) is 5.92 Å². The molecule has 0 bridgehead atoms. The molecule has 0 saturated carbocycles. The van der Waals surface area contributed by atoms with Gasteiger partial charge in [0.25, 0.3) is 0 Å². The molecule has 1 aromatic carbocycles. The summed E-state index contributed by atoms with van der Waals surface area (Å²) in [5.41, 5.74) is 3.56. The minimum Gasteiger partial charge on any atom is -0.306 e. The summed E-state index contributed by atoms with van der Waals surface area (Å²) < 4.78 is 1.94. The Labute approximate surface area is 150 Å². The van der Waals surface area contributed by atoms with Crippen molar-refractivity contribution < 1.29 is 0 Å². The molecule has 3 rings (SSSR count). The Balaban J connectivity index is 1.80. The van der Waals surface area contributed by atoms with Crippen molar-refractivity contribution in [3.63, 3.8) is 0 Å². The van der Waals surface area contributed by atoms with E-state index in [1.165, 1.54) is 6.42 Å². The zero-order valence-corrected chi connectivity index (χ0v) is 15.4. The minimum atomic E-state index is 0.713. The lowest BCUT2D eigenvalue weighted by atomic mass is 10.1. The number of nitrogens with zero attached hydrogens (tertiary/aromatic N) is 5. The topological polar surface area (TPSA) is 48.1 Å².